The van der Waals surface area contributed by atoms with E-state index < -0.39 is 0 Å². The van der Waals surface area contributed by atoms with E-state index in [9.17, 15) is 0 Å². The minimum atomic E-state index is 0.138. The number of nitrogens with zero attached hydrogens (tertiary/aromatic N) is 2. The van der Waals surface area contributed by atoms with Crippen molar-refractivity contribution in [3.63, 3.8) is 0 Å². The molecule has 0 amide bonds. The molecular formula is C14H18N4O. The van der Waals surface area contributed by atoms with Crippen molar-refractivity contribution in [1.29, 1.82) is 0 Å². The summed E-state index contributed by atoms with van der Waals surface area (Å²) in [7, 11) is 0. The Morgan fingerprint density at radius 1 is 1.42 bits per heavy atom. The number of aromatic amines is 1. The first-order chi connectivity index (χ1) is 9.29. The third-order valence-corrected chi connectivity index (χ3v) is 2.75. The van der Waals surface area contributed by atoms with Crippen molar-refractivity contribution in [2.45, 2.75) is 19.5 Å². The Balaban J connectivity index is 1.84. The van der Waals surface area contributed by atoms with Crippen LogP contribution in [0.25, 0.3) is 0 Å². The van der Waals surface area contributed by atoms with Gasteiger partial charge in [0.25, 0.3) is 0 Å². The van der Waals surface area contributed by atoms with Crippen LogP contribution in [0.2, 0.25) is 0 Å². The lowest BCUT2D eigenvalue weighted by Crippen LogP contribution is -2.19. The second-order valence-electron chi connectivity index (χ2n) is 4.22. The number of ether oxygens (including phenoxy) is 1. The van der Waals surface area contributed by atoms with Crippen LogP contribution in [-0.4, -0.2) is 21.8 Å². The van der Waals surface area contributed by atoms with Crippen LogP contribution in [0.5, 0.6) is 5.75 Å². The molecule has 0 fully saturated rings. The van der Waals surface area contributed by atoms with E-state index in [4.69, 9.17) is 4.74 Å². The molecule has 2 N–H and O–H groups in total. The van der Waals surface area contributed by atoms with Crippen molar-refractivity contribution in [1.82, 2.24) is 20.5 Å². The highest BCUT2D eigenvalue weighted by molar-refractivity contribution is 5.27. The molecule has 1 aromatic heterocycles. The number of hydrogen-bond donors (Lipinski definition) is 2. The maximum absolute atomic E-state index is 5.43. The van der Waals surface area contributed by atoms with Crippen LogP contribution < -0.4 is 10.1 Å². The van der Waals surface area contributed by atoms with Crippen molar-refractivity contribution in [3.05, 3.63) is 54.6 Å². The number of rotatable bonds is 7. The molecule has 2 aromatic rings. The molecule has 5 heteroatoms. The van der Waals surface area contributed by atoms with Gasteiger partial charge in [0.1, 0.15) is 24.5 Å². The van der Waals surface area contributed by atoms with Crippen LogP contribution in [0.4, 0.5) is 0 Å². The van der Waals surface area contributed by atoms with Gasteiger partial charge in [-0.2, -0.15) is 5.10 Å². The maximum atomic E-state index is 5.43. The third kappa shape index (κ3) is 3.93. The first-order valence-corrected chi connectivity index (χ1v) is 6.21. The molecule has 0 spiro atoms. The van der Waals surface area contributed by atoms with Gasteiger partial charge in [0.2, 0.25) is 0 Å². The summed E-state index contributed by atoms with van der Waals surface area (Å²) in [5.41, 5.74) is 1.19. The zero-order valence-electron chi connectivity index (χ0n) is 11.0. The van der Waals surface area contributed by atoms with E-state index in [1.807, 2.05) is 31.2 Å². The van der Waals surface area contributed by atoms with Crippen molar-refractivity contribution in [2.75, 3.05) is 6.61 Å². The first kappa shape index (κ1) is 13.3. The van der Waals surface area contributed by atoms with Crippen molar-refractivity contribution >= 4 is 0 Å². The van der Waals surface area contributed by atoms with Crippen molar-refractivity contribution < 1.29 is 4.74 Å². The Labute approximate surface area is 112 Å². The Kier molecular flexibility index (Phi) is 4.69. The van der Waals surface area contributed by atoms with E-state index in [1.165, 1.54) is 11.9 Å². The normalized spacial score (nSPS) is 12.1. The van der Waals surface area contributed by atoms with Gasteiger partial charge in [0.05, 0.1) is 6.04 Å². The molecule has 0 aliphatic heterocycles. The fraction of sp³-hybridized carbons (Fsp3) is 0.286. The summed E-state index contributed by atoms with van der Waals surface area (Å²) in [6, 6.07) is 8.13. The average molecular weight is 258 g/mol. The predicted octanol–water partition coefficient (Wildman–Crippen LogP) is 2.22. The summed E-state index contributed by atoms with van der Waals surface area (Å²) in [6.07, 6.45) is 3.24. The van der Waals surface area contributed by atoms with E-state index in [0.717, 1.165) is 18.1 Å². The van der Waals surface area contributed by atoms with Gasteiger partial charge in [0.15, 0.2) is 0 Å². The lowest BCUT2D eigenvalue weighted by atomic mass is 10.2. The Bertz CT molecular complexity index is 493. The first-order valence-electron chi connectivity index (χ1n) is 6.21. The molecule has 1 aromatic carbocycles. The molecule has 0 saturated heterocycles. The lowest BCUT2D eigenvalue weighted by molar-refractivity contribution is 0.363. The number of H-pyrrole nitrogens is 1. The number of benzene rings is 1. The summed E-state index contributed by atoms with van der Waals surface area (Å²) < 4.78 is 5.43. The number of nitrogens with one attached hydrogen (secondary N) is 2. The van der Waals surface area contributed by atoms with Crippen molar-refractivity contribution in [3.8, 4) is 5.75 Å². The van der Waals surface area contributed by atoms with Gasteiger partial charge in [-0.3, -0.25) is 5.10 Å². The fourth-order valence-corrected chi connectivity index (χ4v) is 1.65. The summed E-state index contributed by atoms with van der Waals surface area (Å²) in [5, 5.41) is 10.1. The second kappa shape index (κ2) is 6.70. The van der Waals surface area contributed by atoms with E-state index in [-0.39, 0.29) is 6.04 Å². The highest BCUT2D eigenvalue weighted by atomic mass is 16.5. The monoisotopic (exact) mass is 258 g/mol. The van der Waals surface area contributed by atoms with Gasteiger partial charge in [0, 0.05) is 6.54 Å². The van der Waals surface area contributed by atoms with E-state index in [1.54, 1.807) is 6.08 Å². The molecule has 0 aliphatic carbocycles. The molecule has 2 rings (SSSR count). The predicted molar refractivity (Wildman–Crippen MR) is 73.8 cm³/mol. The summed E-state index contributed by atoms with van der Waals surface area (Å²) >= 11 is 0. The quantitative estimate of drug-likeness (QED) is 0.747. The van der Waals surface area contributed by atoms with Gasteiger partial charge in [-0.15, -0.1) is 0 Å². The summed E-state index contributed by atoms with van der Waals surface area (Å²) in [4.78, 5) is 4.12. The highest BCUT2D eigenvalue weighted by Crippen LogP contribution is 2.13. The molecule has 0 radical (unpaired) electrons. The van der Waals surface area contributed by atoms with Gasteiger partial charge >= 0.3 is 0 Å². The van der Waals surface area contributed by atoms with Crippen LogP contribution in [0.3, 0.4) is 0 Å². The molecule has 5 nitrogen and oxygen atoms in total. The summed E-state index contributed by atoms with van der Waals surface area (Å²) in [5.74, 6) is 1.69. The smallest absolute Gasteiger partial charge is 0.141 e. The molecule has 1 heterocycles. The fourth-order valence-electron chi connectivity index (χ4n) is 1.65. The van der Waals surface area contributed by atoms with Crippen LogP contribution >= 0.6 is 0 Å². The Morgan fingerprint density at radius 2 is 2.21 bits per heavy atom. The van der Waals surface area contributed by atoms with Crippen LogP contribution in [0, 0.1) is 0 Å². The molecule has 0 bridgehead atoms. The van der Waals surface area contributed by atoms with Gasteiger partial charge in [-0.1, -0.05) is 24.8 Å². The van der Waals surface area contributed by atoms with Crippen LogP contribution in [0.15, 0.2) is 43.2 Å². The molecular weight excluding hydrogens is 240 g/mol. The minimum Gasteiger partial charge on any atom is -0.490 e. The molecule has 0 aliphatic rings. The number of aromatic nitrogens is 3. The largest absolute Gasteiger partial charge is 0.490 e. The third-order valence-electron chi connectivity index (χ3n) is 2.75. The van der Waals surface area contributed by atoms with Crippen LogP contribution in [-0.2, 0) is 6.54 Å². The SMILES string of the molecule is C=CCOc1ccc(CNC(C)c2ncn[nH]2)cc1. The zero-order valence-corrected chi connectivity index (χ0v) is 11.0. The number of hydrogen-bond acceptors (Lipinski definition) is 4. The zero-order chi connectivity index (χ0) is 13.5. The van der Waals surface area contributed by atoms with Gasteiger partial charge in [-0.25, -0.2) is 4.98 Å². The molecule has 1 atom stereocenters. The standard InChI is InChI=1S/C14H18N4O/c1-3-8-19-13-6-4-12(5-7-13)9-15-11(2)14-16-10-17-18-14/h3-7,10-11,15H,1,8-9H2,2H3,(H,16,17,18). The molecule has 1 unspecified atom stereocenters. The van der Waals surface area contributed by atoms with E-state index in [2.05, 4.69) is 27.1 Å². The lowest BCUT2D eigenvalue weighted by Gasteiger charge is -2.11. The highest BCUT2D eigenvalue weighted by Gasteiger charge is 2.07. The molecule has 0 saturated carbocycles. The second-order valence-corrected chi connectivity index (χ2v) is 4.22. The van der Waals surface area contributed by atoms with E-state index >= 15 is 0 Å². The topological polar surface area (TPSA) is 62.8 Å². The molecule has 19 heavy (non-hydrogen) atoms. The minimum absolute atomic E-state index is 0.138. The Hall–Kier alpha value is -2.14. The van der Waals surface area contributed by atoms with Crippen molar-refractivity contribution in [2.24, 2.45) is 0 Å². The maximum Gasteiger partial charge on any atom is 0.141 e. The average Bonchev–Trinajstić information content (AvgIpc) is 2.98. The molecule has 100 valence electrons. The summed E-state index contributed by atoms with van der Waals surface area (Å²) in [6.45, 7) is 6.96. The van der Waals surface area contributed by atoms with Gasteiger partial charge in [-0.05, 0) is 24.6 Å². The Morgan fingerprint density at radius 3 is 2.84 bits per heavy atom. The van der Waals surface area contributed by atoms with Gasteiger partial charge < -0.3 is 10.1 Å². The van der Waals surface area contributed by atoms with Crippen LogP contribution in [0.1, 0.15) is 24.4 Å². The van der Waals surface area contributed by atoms with E-state index in [0.29, 0.717) is 6.61 Å².